The fourth-order valence-corrected chi connectivity index (χ4v) is 4.69. The smallest absolute Gasteiger partial charge is 0.324 e. The highest BCUT2D eigenvalue weighted by Crippen LogP contribution is 2.49. The van der Waals surface area contributed by atoms with Gasteiger partial charge in [-0.2, -0.15) is 0 Å². The van der Waals surface area contributed by atoms with Gasteiger partial charge in [0.1, 0.15) is 5.82 Å². The molecule has 1 aliphatic carbocycles. The highest BCUT2D eigenvalue weighted by atomic mass is 35.5. The zero-order valence-corrected chi connectivity index (χ0v) is 18.2. The van der Waals surface area contributed by atoms with Crippen LogP contribution in [0.1, 0.15) is 59.4 Å². The Bertz CT molecular complexity index is 842. The highest BCUT2D eigenvalue weighted by Gasteiger charge is 2.46. The summed E-state index contributed by atoms with van der Waals surface area (Å²) in [5, 5.41) is 2.59. The minimum Gasteiger partial charge on any atom is -0.426 e. The van der Waals surface area contributed by atoms with E-state index in [2.05, 4.69) is 34.5 Å². The average molecular weight is 389 g/mol. The Balaban J connectivity index is 2.02. The standard InChI is InChI=1S/C23H31BClFO/c1-7-18-20(26)12-11-15-13-17(25)14-19(21(15)18)24(6)27-23(4,5)22(2,3)16-9-8-10-16/h11-14,16H,7-10H2,1-6H3. The van der Waals surface area contributed by atoms with E-state index >= 15 is 0 Å². The molecule has 0 amide bonds. The summed E-state index contributed by atoms with van der Waals surface area (Å²) in [6.45, 7) is 12.9. The first kappa shape index (κ1) is 20.7. The Labute approximate surface area is 168 Å². The van der Waals surface area contributed by atoms with Gasteiger partial charge >= 0.3 is 6.92 Å². The molecular weight excluding hydrogens is 358 g/mol. The molecule has 1 aliphatic rings. The molecule has 3 rings (SSSR count). The summed E-state index contributed by atoms with van der Waals surface area (Å²) < 4.78 is 21.1. The quantitative estimate of drug-likeness (QED) is 0.504. The summed E-state index contributed by atoms with van der Waals surface area (Å²) in [7, 11) is 0. The number of hydrogen-bond donors (Lipinski definition) is 0. The summed E-state index contributed by atoms with van der Waals surface area (Å²) >= 11 is 6.40. The molecule has 0 aromatic heterocycles. The second-order valence-electron chi connectivity index (χ2n) is 9.09. The van der Waals surface area contributed by atoms with Gasteiger partial charge in [0.2, 0.25) is 0 Å². The lowest BCUT2D eigenvalue weighted by molar-refractivity contribution is -0.0706. The molecule has 0 spiro atoms. The van der Waals surface area contributed by atoms with E-state index in [0.717, 1.165) is 21.8 Å². The van der Waals surface area contributed by atoms with Gasteiger partial charge in [-0.3, -0.25) is 0 Å². The largest absolute Gasteiger partial charge is 0.426 e. The van der Waals surface area contributed by atoms with Crippen molar-refractivity contribution in [1.82, 2.24) is 0 Å². The number of aryl methyl sites for hydroxylation is 1. The van der Waals surface area contributed by atoms with Crippen molar-refractivity contribution in [2.45, 2.75) is 72.7 Å². The van der Waals surface area contributed by atoms with Crippen LogP contribution in [-0.4, -0.2) is 12.5 Å². The van der Waals surface area contributed by atoms with Gasteiger partial charge in [0.25, 0.3) is 0 Å². The van der Waals surface area contributed by atoms with Crippen molar-refractivity contribution in [2.75, 3.05) is 0 Å². The van der Waals surface area contributed by atoms with E-state index < -0.39 is 0 Å². The number of rotatable bonds is 6. The topological polar surface area (TPSA) is 9.23 Å². The Kier molecular flexibility index (Phi) is 5.67. The van der Waals surface area contributed by atoms with Gasteiger partial charge in [0, 0.05) is 5.02 Å². The lowest BCUT2D eigenvalue weighted by Crippen LogP contribution is -2.52. The van der Waals surface area contributed by atoms with Crippen molar-refractivity contribution in [3.8, 4) is 0 Å². The van der Waals surface area contributed by atoms with Crippen LogP contribution >= 0.6 is 11.6 Å². The maximum absolute atomic E-state index is 14.5. The van der Waals surface area contributed by atoms with Gasteiger partial charge in [-0.25, -0.2) is 4.39 Å². The van der Waals surface area contributed by atoms with Crippen LogP contribution in [0.2, 0.25) is 11.8 Å². The predicted molar refractivity (Wildman–Crippen MR) is 116 cm³/mol. The lowest BCUT2D eigenvalue weighted by Gasteiger charge is -2.51. The van der Waals surface area contributed by atoms with Gasteiger partial charge in [0.15, 0.2) is 0 Å². The van der Waals surface area contributed by atoms with Crippen LogP contribution in [0, 0.1) is 17.2 Å². The summed E-state index contributed by atoms with van der Waals surface area (Å²) in [5.41, 5.74) is 1.50. The molecule has 4 heteroatoms. The van der Waals surface area contributed by atoms with Crippen LogP contribution in [0.4, 0.5) is 4.39 Å². The number of benzene rings is 2. The number of hydrogen-bond acceptors (Lipinski definition) is 1. The molecule has 1 fully saturated rings. The zero-order chi connectivity index (χ0) is 20.0. The third-order valence-corrected chi connectivity index (χ3v) is 7.32. The number of fused-ring (bicyclic) bond motifs is 1. The maximum atomic E-state index is 14.5. The third kappa shape index (κ3) is 3.65. The van der Waals surface area contributed by atoms with Gasteiger partial charge in [-0.05, 0) is 84.4 Å². The third-order valence-electron chi connectivity index (χ3n) is 7.10. The lowest BCUT2D eigenvalue weighted by atomic mass is 9.57. The summed E-state index contributed by atoms with van der Waals surface area (Å²) in [6.07, 6.45) is 4.51. The van der Waals surface area contributed by atoms with E-state index in [9.17, 15) is 4.39 Å². The molecule has 146 valence electrons. The van der Waals surface area contributed by atoms with E-state index in [1.54, 1.807) is 0 Å². The normalized spacial score (nSPS) is 15.9. The van der Waals surface area contributed by atoms with Crippen molar-refractivity contribution in [3.63, 3.8) is 0 Å². The van der Waals surface area contributed by atoms with Crippen molar-refractivity contribution in [3.05, 3.63) is 40.7 Å². The second kappa shape index (κ2) is 7.41. The van der Waals surface area contributed by atoms with Crippen LogP contribution in [0.25, 0.3) is 10.8 Å². The molecule has 0 aliphatic heterocycles. The first-order valence-corrected chi connectivity index (χ1v) is 10.5. The molecule has 0 N–H and O–H groups in total. The molecule has 0 heterocycles. The van der Waals surface area contributed by atoms with Crippen molar-refractivity contribution in [1.29, 1.82) is 0 Å². The molecule has 1 nitrogen and oxygen atoms in total. The van der Waals surface area contributed by atoms with Gasteiger partial charge < -0.3 is 4.65 Å². The van der Waals surface area contributed by atoms with Crippen LogP contribution in [-0.2, 0) is 11.1 Å². The maximum Gasteiger partial charge on any atom is 0.324 e. The van der Waals surface area contributed by atoms with Gasteiger partial charge in [-0.15, -0.1) is 0 Å². The fourth-order valence-electron chi connectivity index (χ4n) is 4.46. The Hall–Kier alpha value is -1.06. The predicted octanol–water partition coefficient (Wildman–Crippen LogP) is 6.64. The van der Waals surface area contributed by atoms with Crippen molar-refractivity contribution < 1.29 is 9.04 Å². The van der Waals surface area contributed by atoms with Crippen LogP contribution < -0.4 is 5.46 Å². The SMILES string of the molecule is CCc1c(F)ccc2cc(Cl)cc(B(C)OC(C)(C)C(C)(C)C3CCC3)c12. The monoisotopic (exact) mass is 388 g/mol. The molecule has 0 saturated heterocycles. The summed E-state index contributed by atoms with van der Waals surface area (Å²) in [5.74, 6) is 0.536. The summed E-state index contributed by atoms with van der Waals surface area (Å²) in [6, 6.07) is 7.21. The Morgan fingerprint density at radius 2 is 1.85 bits per heavy atom. The Morgan fingerprint density at radius 3 is 2.41 bits per heavy atom. The van der Waals surface area contributed by atoms with E-state index in [4.69, 9.17) is 16.3 Å². The molecule has 27 heavy (non-hydrogen) atoms. The fraction of sp³-hybridized carbons (Fsp3) is 0.565. The second-order valence-corrected chi connectivity index (χ2v) is 9.53. The van der Waals surface area contributed by atoms with Gasteiger partial charge in [-0.1, -0.05) is 51.7 Å². The molecule has 1 saturated carbocycles. The van der Waals surface area contributed by atoms with Crippen LogP contribution in [0.15, 0.2) is 24.3 Å². The van der Waals surface area contributed by atoms with E-state index in [-0.39, 0.29) is 23.7 Å². The first-order chi connectivity index (χ1) is 12.6. The Morgan fingerprint density at radius 1 is 1.19 bits per heavy atom. The highest BCUT2D eigenvalue weighted by molar-refractivity contribution is 6.69. The number of halogens is 2. The minimum absolute atomic E-state index is 0.0761. The molecule has 0 radical (unpaired) electrons. The van der Waals surface area contributed by atoms with Crippen molar-refractivity contribution in [2.24, 2.45) is 11.3 Å². The molecule has 0 atom stereocenters. The van der Waals surface area contributed by atoms with E-state index in [1.807, 2.05) is 25.1 Å². The van der Waals surface area contributed by atoms with Gasteiger partial charge in [0.05, 0.1) is 5.60 Å². The van der Waals surface area contributed by atoms with Crippen LogP contribution in [0.3, 0.4) is 0 Å². The van der Waals surface area contributed by atoms with Crippen molar-refractivity contribution >= 4 is 34.8 Å². The van der Waals surface area contributed by atoms with E-state index in [1.165, 1.54) is 25.3 Å². The first-order valence-electron chi connectivity index (χ1n) is 10.2. The molecule has 2 aromatic carbocycles. The molecule has 2 aromatic rings. The van der Waals surface area contributed by atoms with E-state index in [0.29, 0.717) is 17.4 Å². The molecule has 0 unspecified atom stereocenters. The summed E-state index contributed by atoms with van der Waals surface area (Å²) in [4.78, 5) is 0. The zero-order valence-electron chi connectivity index (χ0n) is 17.5. The molecular formula is C23H31BClFO. The molecule has 0 bridgehead atoms. The van der Waals surface area contributed by atoms with Crippen LogP contribution in [0.5, 0.6) is 0 Å². The minimum atomic E-state index is -0.300. The average Bonchev–Trinajstić information content (AvgIpc) is 2.51.